The molecular weight excluding hydrogens is 214 g/mol. The molecule has 3 atom stereocenters. The van der Waals surface area contributed by atoms with Gasteiger partial charge in [0.05, 0.1) is 5.54 Å². The van der Waals surface area contributed by atoms with Crippen molar-refractivity contribution in [1.29, 1.82) is 0 Å². The zero-order valence-electron chi connectivity index (χ0n) is 10.8. The summed E-state index contributed by atoms with van der Waals surface area (Å²) in [5.41, 5.74) is 10.9. The largest absolute Gasteiger partial charge is 0.368 e. The van der Waals surface area contributed by atoms with Crippen LogP contribution in [0.3, 0.4) is 0 Å². The molecule has 1 heterocycles. The zero-order chi connectivity index (χ0) is 12.5. The number of nitrogens with two attached hydrogens (primary N) is 2. The lowest BCUT2D eigenvalue weighted by molar-refractivity contribution is -0.124. The van der Waals surface area contributed by atoms with Gasteiger partial charge in [-0.3, -0.25) is 4.79 Å². The molecule has 0 radical (unpaired) electrons. The molecule has 1 amide bonds. The van der Waals surface area contributed by atoms with E-state index in [0.717, 1.165) is 32.2 Å². The Morgan fingerprint density at radius 2 is 2.18 bits per heavy atom. The van der Waals surface area contributed by atoms with Crippen molar-refractivity contribution in [3.8, 4) is 0 Å². The molecule has 2 fully saturated rings. The van der Waals surface area contributed by atoms with Gasteiger partial charge in [-0.2, -0.15) is 0 Å². The number of carbonyl (C=O) groups is 1. The van der Waals surface area contributed by atoms with Gasteiger partial charge in [0.2, 0.25) is 5.91 Å². The van der Waals surface area contributed by atoms with Crippen molar-refractivity contribution in [2.75, 3.05) is 13.1 Å². The smallest absolute Gasteiger partial charge is 0.237 e. The maximum atomic E-state index is 11.5. The lowest BCUT2D eigenvalue weighted by Gasteiger charge is -2.30. The van der Waals surface area contributed by atoms with Crippen molar-refractivity contribution in [1.82, 2.24) is 4.90 Å². The van der Waals surface area contributed by atoms with Crippen LogP contribution >= 0.6 is 0 Å². The van der Waals surface area contributed by atoms with Crippen molar-refractivity contribution >= 4 is 5.91 Å². The molecule has 1 aliphatic heterocycles. The zero-order valence-corrected chi connectivity index (χ0v) is 10.8. The standard InChI is InChI=1S/C13H25N3O/c1-10-4-3-8-16(10)9-6-11-5-2-7-13(11,15)12(14)17/h10-11H,2-9,15H2,1H3,(H2,14,17). The molecule has 1 saturated heterocycles. The second-order valence-electron chi connectivity index (χ2n) is 5.81. The summed E-state index contributed by atoms with van der Waals surface area (Å²) < 4.78 is 0. The van der Waals surface area contributed by atoms with Crippen LogP contribution in [0.25, 0.3) is 0 Å². The molecular formula is C13H25N3O. The molecule has 2 rings (SSSR count). The molecule has 0 spiro atoms. The first kappa shape index (κ1) is 12.8. The molecule has 0 bridgehead atoms. The third-order valence-electron chi connectivity index (χ3n) is 4.79. The second-order valence-corrected chi connectivity index (χ2v) is 5.81. The molecule has 4 nitrogen and oxygen atoms in total. The van der Waals surface area contributed by atoms with Gasteiger partial charge in [0.15, 0.2) is 0 Å². The molecule has 3 unspecified atom stereocenters. The third-order valence-corrected chi connectivity index (χ3v) is 4.79. The summed E-state index contributed by atoms with van der Waals surface area (Å²) in [5, 5.41) is 0. The first-order chi connectivity index (χ1) is 8.04. The van der Waals surface area contributed by atoms with Crippen LogP contribution in [0.1, 0.15) is 45.4 Å². The minimum absolute atomic E-state index is 0.285. The third kappa shape index (κ3) is 2.47. The fourth-order valence-electron chi connectivity index (χ4n) is 3.48. The summed E-state index contributed by atoms with van der Waals surface area (Å²) in [5.74, 6) is -0.0257. The van der Waals surface area contributed by atoms with Crippen molar-refractivity contribution < 1.29 is 4.79 Å². The van der Waals surface area contributed by atoms with E-state index >= 15 is 0 Å². The van der Waals surface area contributed by atoms with Crippen LogP contribution in [0.4, 0.5) is 0 Å². The maximum Gasteiger partial charge on any atom is 0.237 e. The number of carbonyl (C=O) groups excluding carboxylic acids is 1. The Hall–Kier alpha value is -0.610. The minimum atomic E-state index is -0.733. The molecule has 0 aromatic heterocycles. The van der Waals surface area contributed by atoms with Crippen molar-refractivity contribution in [2.45, 2.75) is 57.0 Å². The second kappa shape index (κ2) is 4.94. The number of hydrogen-bond acceptors (Lipinski definition) is 3. The average molecular weight is 239 g/mol. The fraction of sp³-hybridized carbons (Fsp3) is 0.923. The Bertz CT molecular complexity index is 294. The SMILES string of the molecule is CC1CCCN1CCC1CCCC1(N)C(N)=O. The number of primary amides is 1. The Kier molecular flexibility index (Phi) is 3.73. The monoisotopic (exact) mass is 239 g/mol. The number of nitrogens with zero attached hydrogens (tertiary/aromatic N) is 1. The molecule has 1 saturated carbocycles. The van der Waals surface area contributed by atoms with Gasteiger partial charge in [0.25, 0.3) is 0 Å². The summed E-state index contributed by atoms with van der Waals surface area (Å²) >= 11 is 0. The molecule has 4 N–H and O–H groups in total. The topological polar surface area (TPSA) is 72.3 Å². The van der Waals surface area contributed by atoms with E-state index in [2.05, 4.69) is 11.8 Å². The molecule has 2 aliphatic rings. The molecule has 17 heavy (non-hydrogen) atoms. The molecule has 1 aliphatic carbocycles. The van der Waals surface area contributed by atoms with E-state index in [0.29, 0.717) is 6.04 Å². The van der Waals surface area contributed by atoms with Gasteiger partial charge >= 0.3 is 0 Å². The van der Waals surface area contributed by atoms with E-state index in [1.165, 1.54) is 19.4 Å². The average Bonchev–Trinajstić information content (AvgIpc) is 2.83. The minimum Gasteiger partial charge on any atom is -0.368 e. The van der Waals surface area contributed by atoms with Crippen molar-refractivity contribution in [3.05, 3.63) is 0 Å². The first-order valence-electron chi connectivity index (χ1n) is 6.87. The van der Waals surface area contributed by atoms with Crippen LogP contribution in [0.5, 0.6) is 0 Å². The van der Waals surface area contributed by atoms with Crippen LogP contribution in [-0.2, 0) is 4.79 Å². The van der Waals surface area contributed by atoms with Crippen LogP contribution in [0.15, 0.2) is 0 Å². The fourth-order valence-corrected chi connectivity index (χ4v) is 3.48. The summed E-state index contributed by atoms with van der Waals surface area (Å²) in [7, 11) is 0. The van der Waals surface area contributed by atoms with E-state index in [4.69, 9.17) is 11.5 Å². The van der Waals surface area contributed by atoms with Gasteiger partial charge in [0, 0.05) is 6.04 Å². The van der Waals surface area contributed by atoms with Gasteiger partial charge in [-0.15, -0.1) is 0 Å². The van der Waals surface area contributed by atoms with Gasteiger partial charge in [0.1, 0.15) is 0 Å². The van der Waals surface area contributed by atoms with Gasteiger partial charge in [-0.25, -0.2) is 0 Å². The van der Waals surface area contributed by atoms with E-state index < -0.39 is 5.54 Å². The highest BCUT2D eigenvalue weighted by Gasteiger charge is 2.44. The lowest BCUT2D eigenvalue weighted by atomic mass is 9.85. The molecule has 98 valence electrons. The highest BCUT2D eigenvalue weighted by atomic mass is 16.1. The lowest BCUT2D eigenvalue weighted by Crippen LogP contribution is -2.55. The summed E-state index contributed by atoms with van der Waals surface area (Å²) in [6.07, 6.45) is 6.48. The van der Waals surface area contributed by atoms with E-state index in [9.17, 15) is 4.79 Å². The Morgan fingerprint density at radius 3 is 2.76 bits per heavy atom. The van der Waals surface area contributed by atoms with E-state index in [1.807, 2.05) is 0 Å². The van der Waals surface area contributed by atoms with Gasteiger partial charge in [-0.1, -0.05) is 6.42 Å². The van der Waals surface area contributed by atoms with Crippen LogP contribution < -0.4 is 11.5 Å². The Morgan fingerprint density at radius 1 is 1.41 bits per heavy atom. The quantitative estimate of drug-likeness (QED) is 0.763. The van der Waals surface area contributed by atoms with Crippen LogP contribution in [0.2, 0.25) is 0 Å². The maximum absolute atomic E-state index is 11.5. The van der Waals surface area contributed by atoms with Crippen LogP contribution in [0, 0.1) is 5.92 Å². The number of rotatable bonds is 4. The summed E-state index contributed by atoms with van der Waals surface area (Å²) in [6.45, 7) is 4.55. The van der Waals surface area contributed by atoms with Gasteiger partial charge in [-0.05, 0) is 58.0 Å². The normalized spacial score (nSPS) is 38.7. The number of likely N-dealkylation sites (tertiary alicyclic amines) is 1. The molecule has 0 aromatic rings. The van der Waals surface area contributed by atoms with E-state index in [1.54, 1.807) is 0 Å². The molecule has 4 heteroatoms. The molecule has 0 aromatic carbocycles. The number of hydrogen-bond donors (Lipinski definition) is 2. The van der Waals surface area contributed by atoms with Crippen LogP contribution in [-0.4, -0.2) is 35.5 Å². The summed E-state index contributed by atoms with van der Waals surface area (Å²) in [4.78, 5) is 14.0. The van der Waals surface area contributed by atoms with Gasteiger partial charge < -0.3 is 16.4 Å². The van der Waals surface area contributed by atoms with Crippen molar-refractivity contribution in [2.24, 2.45) is 17.4 Å². The summed E-state index contributed by atoms with van der Waals surface area (Å²) in [6, 6.07) is 0.692. The highest BCUT2D eigenvalue weighted by molar-refractivity contribution is 5.85. The Balaban J connectivity index is 1.88. The van der Waals surface area contributed by atoms with Crippen molar-refractivity contribution in [3.63, 3.8) is 0 Å². The predicted molar refractivity (Wildman–Crippen MR) is 68.3 cm³/mol. The van der Waals surface area contributed by atoms with E-state index in [-0.39, 0.29) is 11.8 Å². The number of amides is 1. The Labute approximate surface area is 104 Å². The first-order valence-corrected chi connectivity index (χ1v) is 6.87. The predicted octanol–water partition coefficient (Wildman–Crippen LogP) is 0.844. The highest BCUT2D eigenvalue weighted by Crippen LogP contribution is 2.36.